The van der Waals surface area contributed by atoms with E-state index in [2.05, 4.69) is 4.98 Å². The number of rotatable bonds is 4. The summed E-state index contributed by atoms with van der Waals surface area (Å²) in [5, 5.41) is 1.53. The summed E-state index contributed by atoms with van der Waals surface area (Å²) in [5.74, 6) is 0. The Morgan fingerprint density at radius 3 is 2.09 bits per heavy atom. The second kappa shape index (κ2) is 9.80. The summed E-state index contributed by atoms with van der Waals surface area (Å²) in [4.78, 5) is 17.6. The van der Waals surface area contributed by atoms with Crippen LogP contribution in [0, 0.1) is 0 Å². The van der Waals surface area contributed by atoms with Gasteiger partial charge in [-0.05, 0) is 55.7 Å². The van der Waals surface area contributed by atoms with Gasteiger partial charge in [-0.25, -0.2) is 0 Å². The quantitative estimate of drug-likeness (QED) is 0.375. The number of pyridine rings is 2. The van der Waals surface area contributed by atoms with E-state index in [9.17, 15) is 4.79 Å². The molecule has 5 nitrogen and oxygen atoms in total. The van der Waals surface area contributed by atoms with Crippen LogP contribution in [0.2, 0.25) is 0 Å². The maximum Gasteiger partial charge on any atom is 0.494 e. The third kappa shape index (κ3) is 4.81. The lowest BCUT2D eigenvalue weighted by atomic mass is 9.79. The Morgan fingerprint density at radius 1 is 0.829 bits per heavy atom. The molecule has 0 bridgehead atoms. The first-order valence-corrected chi connectivity index (χ1v) is 12.2. The summed E-state index contributed by atoms with van der Waals surface area (Å²) < 4.78 is 14.0. The maximum absolute atomic E-state index is 13.2. The molecule has 1 aliphatic rings. The Bertz CT molecular complexity index is 1350. The zero-order valence-corrected chi connectivity index (χ0v) is 21.4. The molecule has 0 aliphatic carbocycles. The van der Waals surface area contributed by atoms with E-state index in [1.165, 1.54) is 0 Å². The summed E-state index contributed by atoms with van der Waals surface area (Å²) >= 11 is 0. The van der Waals surface area contributed by atoms with Crippen molar-refractivity contribution in [3.8, 4) is 11.1 Å². The topological polar surface area (TPSA) is 53.4 Å². The smallest absolute Gasteiger partial charge is 0.399 e. The molecule has 35 heavy (non-hydrogen) atoms. The Morgan fingerprint density at radius 2 is 1.46 bits per heavy atom. The largest absolute Gasteiger partial charge is 0.494 e. The molecule has 1 saturated heterocycles. The summed E-state index contributed by atoms with van der Waals surface area (Å²) in [6.07, 6.45) is 5.33. The average Bonchev–Trinajstić information content (AvgIpc) is 3.09. The van der Waals surface area contributed by atoms with Crippen molar-refractivity contribution < 1.29 is 9.31 Å². The van der Waals surface area contributed by atoms with E-state index in [4.69, 9.17) is 9.31 Å². The second-order valence-electron chi connectivity index (χ2n) is 9.59. The van der Waals surface area contributed by atoms with E-state index in [1.54, 1.807) is 10.8 Å². The molecule has 3 heterocycles. The molecule has 0 radical (unpaired) electrons. The van der Waals surface area contributed by atoms with Gasteiger partial charge in [0.25, 0.3) is 5.56 Å². The molecule has 1 fully saturated rings. The molecule has 180 valence electrons. The van der Waals surface area contributed by atoms with Crippen molar-refractivity contribution in [2.45, 2.75) is 59.3 Å². The van der Waals surface area contributed by atoms with Gasteiger partial charge in [0, 0.05) is 24.2 Å². The number of hydrogen-bond donors (Lipinski definition) is 0. The van der Waals surface area contributed by atoms with Gasteiger partial charge < -0.3 is 13.9 Å². The zero-order valence-electron chi connectivity index (χ0n) is 21.4. The lowest BCUT2D eigenvalue weighted by Gasteiger charge is -2.32. The minimum atomic E-state index is -0.394. The summed E-state index contributed by atoms with van der Waals surface area (Å²) in [7, 11) is -0.394. The Labute approximate surface area is 207 Å². The van der Waals surface area contributed by atoms with Crippen molar-refractivity contribution in [2.75, 3.05) is 0 Å². The van der Waals surface area contributed by atoms with E-state index >= 15 is 0 Å². The molecule has 0 amide bonds. The van der Waals surface area contributed by atoms with Crippen molar-refractivity contribution in [1.29, 1.82) is 0 Å². The van der Waals surface area contributed by atoms with Gasteiger partial charge in [0.15, 0.2) is 0 Å². The normalized spacial score (nSPS) is 16.1. The lowest BCUT2D eigenvalue weighted by Crippen LogP contribution is -2.41. The summed E-state index contributed by atoms with van der Waals surface area (Å²) in [6, 6.07) is 20.1. The molecule has 0 unspecified atom stereocenters. The molecular weight excluding hydrogens is 435 g/mol. The number of aromatic nitrogens is 2. The molecule has 6 heteroatoms. The van der Waals surface area contributed by atoms with Gasteiger partial charge in [0.05, 0.1) is 23.1 Å². The van der Waals surface area contributed by atoms with Gasteiger partial charge in [-0.2, -0.15) is 0 Å². The standard InChI is InChI=1S/C27H27BN2O3.C2H6/c1-26(2)27(3,4)33-28(32-26)21-12-10-19(11-13-21)18-30-15-14-22-23(20-8-6-5-7-9-20)16-29-17-24(22)25(30)31;1-2/h5-17H,18H2,1-4H3;1-2H3. The average molecular weight is 468 g/mol. The molecule has 0 spiro atoms. The Balaban J connectivity index is 0.00000141. The van der Waals surface area contributed by atoms with E-state index in [-0.39, 0.29) is 16.8 Å². The fraction of sp³-hybridized carbons (Fsp3) is 0.310. The number of nitrogens with zero attached hydrogens (tertiary/aromatic N) is 2. The van der Waals surface area contributed by atoms with Crippen LogP contribution in [-0.2, 0) is 15.9 Å². The van der Waals surface area contributed by atoms with Crippen molar-refractivity contribution in [1.82, 2.24) is 9.55 Å². The van der Waals surface area contributed by atoms with Crippen molar-refractivity contribution >= 4 is 23.4 Å². The van der Waals surface area contributed by atoms with Crippen LogP contribution < -0.4 is 11.0 Å². The molecule has 4 aromatic rings. The first-order chi connectivity index (χ1) is 16.7. The van der Waals surface area contributed by atoms with Crippen LogP contribution in [0.1, 0.15) is 47.1 Å². The Hall–Kier alpha value is -3.22. The second-order valence-corrected chi connectivity index (χ2v) is 9.59. The van der Waals surface area contributed by atoms with E-state index in [0.29, 0.717) is 11.9 Å². The molecular formula is C29H33BN2O3. The molecule has 0 atom stereocenters. The highest BCUT2D eigenvalue weighted by Gasteiger charge is 2.51. The highest BCUT2D eigenvalue weighted by atomic mass is 16.7. The third-order valence-electron chi connectivity index (χ3n) is 6.84. The van der Waals surface area contributed by atoms with Crippen LogP contribution >= 0.6 is 0 Å². The van der Waals surface area contributed by atoms with Gasteiger partial charge in [0.1, 0.15) is 0 Å². The number of fused-ring (bicyclic) bond motifs is 1. The highest BCUT2D eigenvalue weighted by Crippen LogP contribution is 2.36. The SMILES string of the molecule is CC.CC1(C)OB(c2ccc(Cn3ccc4c(-c5ccccc5)cncc4c3=O)cc2)OC1(C)C. The van der Waals surface area contributed by atoms with E-state index in [1.807, 2.05) is 115 Å². The summed E-state index contributed by atoms with van der Waals surface area (Å²) in [5.41, 5.74) is 3.22. The third-order valence-corrected chi connectivity index (χ3v) is 6.84. The Kier molecular flexibility index (Phi) is 6.97. The first-order valence-electron chi connectivity index (χ1n) is 12.2. The van der Waals surface area contributed by atoms with E-state index in [0.717, 1.165) is 27.5 Å². The first kappa shape index (κ1) is 24.9. The van der Waals surface area contributed by atoms with Gasteiger partial charge in [-0.15, -0.1) is 0 Å². The molecule has 5 rings (SSSR count). The predicted molar refractivity (Wildman–Crippen MR) is 144 cm³/mol. The molecule has 0 N–H and O–H groups in total. The van der Waals surface area contributed by atoms with Crippen LogP contribution in [0.25, 0.3) is 21.9 Å². The molecule has 1 aliphatic heterocycles. The molecule has 2 aromatic heterocycles. The molecule has 0 saturated carbocycles. The van der Waals surface area contributed by atoms with Gasteiger partial charge in [-0.1, -0.05) is 68.4 Å². The fourth-order valence-electron chi connectivity index (χ4n) is 4.14. The van der Waals surface area contributed by atoms with Gasteiger partial charge in [0.2, 0.25) is 0 Å². The zero-order chi connectivity index (χ0) is 25.2. The fourth-order valence-corrected chi connectivity index (χ4v) is 4.14. The van der Waals surface area contributed by atoms with Crippen LogP contribution in [0.4, 0.5) is 0 Å². The highest BCUT2D eigenvalue weighted by molar-refractivity contribution is 6.62. The minimum absolute atomic E-state index is 0.0483. The van der Waals surface area contributed by atoms with Crippen molar-refractivity contribution in [2.24, 2.45) is 0 Å². The molecule has 2 aromatic carbocycles. The van der Waals surface area contributed by atoms with Crippen LogP contribution in [0.5, 0.6) is 0 Å². The van der Waals surface area contributed by atoms with Crippen LogP contribution in [0.3, 0.4) is 0 Å². The van der Waals surface area contributed by atoms with Gasteiger partial charge >= 0.3 is 7.12 Å². The maximum atomic E-state index is 13.2. The monoisotopic (exact) mass is 468 g/mol. The number of benzene rings is 2. The van der Waals surface area contributed by atoms with Crippen LogP contribution in [0.15, 0.2) is 84.0 Å². The van der Waals surface area contributed by atoms with Crippen molar-refractivity contribution in [3.05, 3.63) is 95.2 Å². The van der Waals surface area contributed by atoms with E-state index < -0.39 is 7.12 Å². The van der Waals surface area contributed by atoms with Crippen LogP contribution in [-0.4, -0.2) is 27.9 Å². The predicted octanol–water partition coefficient (Wildman–Crippen LogP) is 5.44. The minimum Gasteiger partial charge on any atom is -0.399 e. The number of hydrogen-bond acceptors (Lipinski definition) is 4. The lowest BCUT2D eigenvalue weighted by molar-refractivity contribution is 0.00578. The van der Waals surface area contributed by atoms with Gasteiger partial charge in [-0.3, -0.25) is 9.78 Å². The summed E-state index contributed by atoms with van der Waals surface area (Å²) in [6.45, 7) is 12.7. The van der Waals surface area contributed by atoms with Crippen molar-refractivity contribution in [3.63, 3.8) is 0 Å².